The van der Waals surface area contributed by atoms with Gasteiger partial charge >= 0.3 is 0 Å². The van der Waals surface area contributed by atoms with Crippen molar-refractivity contribution in [1.82, 2.24) is 20.0 Å². The van der Waals surface area contributed by atoms with Crippen LogP contribution in [-0.2, 0) is 20.3 Å². The van der Waals surface area contributed by atoms with E-state index in [0.717, 1.165) is 25.5 Å². The van der Waals surface area contributed by atoms with Gasteiger partial charge in [-0.1, -0.05) is 12.1 Å². The zero-order valence-electron chi connectivity index (χ0n) is 16.4. The van der Waals surface area contributed by atoms with Gasteiger partial charge in [0, 0.05) is 30.8 Å². The highest BCUT2D eigenvalue weighted by atomic mass is 32.2. The van der Waals surface area contributed by atoms with Gasteiger partial charge in [0.05, 0.1) is 30.7 Å². The van der Waals surface area contributed by atoms with Crippen LogP contribution in [0.25, 0.3) is 11.3 Å². The van der Waals surface area contributed by atoms with Crippen molar-refractivity contribution >= 4 is 15.7 Å². The van der Waals surface area contributed by atoms with Crippen LogP contribution in [0.2, 0.25) is 0 Å². The van der Waals surface area contributed by atoms with Crippen molar-refractivity contribution in [1.29, 1.82) is 0 Å². The molecule has 1 amide bonds. The fourth-order valence-corrected chi connectivity index (χ4v) is 6.22. The smallest absolute Gasteiger partial charge is 0.274 e. The van der Waals surface area contributed by atoms with Crippen molar-refractivity contribution in [2.75, 3.05) is 39.4 Å². The summed E-state index contributed by atoms with van der Waals surface area (Å²) in [7, 11) is -3.93. The number of nitrogens with one attached hydrogen (secondary N) is 1. The molecule has 5 rings (SSSR count). The molecule has 10 heteroatoms. The van der Waals surface area contributed by atoms with Crippen LogP contribution in [0.15, 0.2) is 23.1 Å². The van der Waals surface area contributed by atoms with Crippen LogP contribution < -0.4 is 5.32 Å². The fraction of sp³-hybridized carbons (Fsp3) is 0.500. The van der Waals surface area contributed by atoms with E-state index in [1.165, 1.54) is 6.07 Å². The Hall–Kier alpha value is -2.30. The Bertz CT molecular complexity index is 1100. The highest BCUT2D eigenvalue weighted by Gasteiger charge is 2.39. The van der Waals surface area contributed by atoms with Gasteiger partial charge in [0.15, 0.2) is 15.5 Å². The predicted molar refractivity (Wildman–Crippen MR) is 106 cm³/mol. The average molecular weight is 434 g/mol. The zero-order chi connectivity index (χ0) is 20.9. The van der Waals surface area contributed by atoms with Gasteiger partial charge in [0.1, 0.15) is 10.7 Å². The molecule has 2 saturated heterocycles. The number of hydrogen-bond donors (Lipinski definition) is 1. The van der Waals surface area contributed by atoms with Gasteiger partial charge < -0.3 is 15.0 Å². The van der Waals surface area contributed by atoms with Gasteiger partial charge in [-0.15, -0.1) is 0 Å². The predicted octanol–water partition coefficient (Wildman–Crippen LogP) is 1.37. The fourth-order valence-electron chi connectivity index (χ4n) is 4.56. The van der Waals surface area contributed by atoms with E-state index in [0.29, 0.717) is 44.1 Å². The molecule has 0 radical (unpaired) electrons. The first-order valence-electron chi connectivity index (χ1n) is 10.2. The lowest BCUT2D eigenvalue weighted by Crippen LogP contribution is -2.41. The van der Waals surface area contributed by atoms with E-state index in [2.05, 4.69) is 10.4 Å². The Labute approximate surface area is 173 Å². The van der Waals surface area contributed by atoms with Crippen LogP contribution in [-0.4, -0.2) is 68.4 Å². The van der Waals surface area contributed by atoms with Crippen molar-refractivity contribution in [3.63, 3.8) is 0 Å². The van der Waals surface area contributed by atoms with E-state index in [1.54, 1.807) is 15.6 Å². The number of carbonyl (C=O) groups is 1. The first-order valence-corrected chi connectivity index (χ1v) is 11.8. The second kappa shape index (κ2) is 7.44. The Morgan fingerprint density at radius 1 is 1.27 bits per heavy atom. The minimum absolute atomic E-state index is 0.0318. The maximum absolute atomic E-state index is 14.6. The quantitative estimate of drug-likeness (QED) is 0.768. The maximum Gasteiger partial charge on any atom is 0.274 e. The van der Waals surface area contributed by atoms with Crippen LogP contribution >= 0.6 is 0 Å². The number of halogens is 1. The van der Waals surface area contributed by atoms with Gasteiger partial charge in [-0.3, -0.25) is 9.48 Å². The Kier molecular flexibility index (Phi) is 4.87. The topological polar surface area (TPSA) is 93.5 Å². The van der Waals surface area contributed by atoms with Crippen LogP contribution in [0.4, 0.5) is 4.39 Å². The number of carbonyl (C=O) groups excluding carboxylic acids is 1. The molecule has 3 aliphatic heterocycles. The average Bonchev–Trinajstić information content (AvgIpc) is 3.13. The lowest BCUT2D eigenvalue weighted by Gasteiger charge is -2.27. The second-order valence-corrected chi connectivity index (χ2v) is 9.83. The summed E-state index contributed by atoms with van der Waals surface area (Å²) in [6.07, 6.45) is 1.80. The van der Waals surface area contributed by atoms with Crippen LogP contribution in [0.3, 0.4) is 0 Å². The molecule has 0 bridgehead atoms. The molecule has 1 aromatic heterocycles. The standard InChI is InChI=1S/C20H23FN4O4S/c21-16-5-1-4-14-18-15(12-30(27,28)19(14)16)17(20(26)24-7-9-29-10-8-24)23-25(18)13-3-2-6-22-11-13/h1,4-5,13,22H,2-3,6-12H2. The minimum atomic E-state index is -3.93. The second-order valence-electron chi connectivity index (χ2n) is 7.90. The van der Waals surface area contributed by atoms with Crippen molar-refractivity contribution in [2.45, 2.75) is 29.5 Å². The van der Waals surface area contributed by atoms with Crippen molar-refractivity contribution < 1.29 is 22.3 Å². The van der Waals surface area contributed by atoms with E-state index in [4.69, 9.17) is 4.74 Å². The van der Waals surface area contributed by atoms with Gasteiger partial charge in [-0.2, -0.15) is 5.10 Å². The van der Waals surface area contributed by atoms with Crippen molar-refractivity contribution in [3.8, 4) is 11.3 Å². The molecule has 1 aromatic carbocycles. The van der Waals surface area contributed by atoms with E-state index in [-0.39, 0.29) is 28.1 Å². The van der Waals surface area contributed by atoms with Crippen LogP contribution in [0, 0.1) is 5.82 Å². The number of amides is 1. The first kappa shape index (κ1) is 19.7. The summed E-state index contributed by atoms with van der Waals surface area (Å²) in [6.45, 7) is 3.31. The number of benzene rings is 1. The monoisotopic (exact) mass is 434 g/mol. The number of rotatable bonds is 2. The summed E-state index contributed by atoms with van der Waals surface area (Å²) < 4.78 is 47.6. The highest BCUT2D eigenvalue weighted by Crippen LogP contribution is 2.42. The molecule has 2 aromatic rings. The third kappa shape index (κ3) is 3.14. The number of hydrogen-bond acceptors (Lipinski definition) is 6. The lowest BCUT2D eigenvalue weighted by molar-refractivity contribution is 0.0297. The zero-order valence-corrected chi connectivity index (χ0v) is 17.3. The molecule has 0 aliphatic carbocycles. The normalized spacial score (nSPS) is 23.0. The van der Waals surface area contributed by atoms with Gasteiger partial charge in [-0.25, -0.2) is 12.8 Å². The number of piperidine rings is 1. The van der Waals surface area contributed by atoms with Crippen LogP contribution in [0.1, 0.15) is 34.9 Å². The van der Waals surface area contributed by atoms with E-state index in [1.807, 2.05) is 0 Å². The molecule has 3 aliphatic rings. The summed E-state index contributed by atoms with van der Waals surface area (Å²) in [6, 6.07) is 4.23. The molecule has 1 unspecified atom stereocenters. The van der Waals surface area contributed by atoms with Crippen LogP contribution in [0.5, 0.6) is 0 Å². The number of ether oxygens (including phenoxy) is 1. The molecule has 8 nitrogen and oxygen atoms in total. The molecule has 1 atom stereocenters. The number of aromatic nitrogens is 2. The van der Waals surface area contributed by atoms with E-state index < -0.39 is 21.4 Å². The molecule has 1 N–H and O–H groups in total. The number of nitrogens with zero attached hydrogens (tertiary/aromatic N) is 3. The third-order valence-electron chi connectivity index (χ3n) is 5.99. The summed E-state index contributed by atoms with van der Waals surface area (Å²) in [5.74, 6) is -1.50. The summed E-state index contributed by atoms with van der Waals surface area (Å²) in [5.41, 5.74) is 1.35. The maximum atomic E-state index is 14.6. The number of sulfone groups is 1. The minimum Gasteiger partial charge on any atom is -0.378 e. The molecule has 0 saturated carbocycles. The first-order chi connectivity index (χ1) is 14.5. The molecular formula is C20H23FN4O4S. The molecule has 0 spiro atoms. The summed E-state index contributed by atoms with van der Waals surface area (Å²) in [5, 5.41) is 7.97. The highest BCUT2D eigenvalue weighted by molar-refractivity contribution is 7.91. The Morgan fingerprint density at radius 2 is 2.07 bits per heavy atom. The SMILES string of the molecule is O=C(c1nn(C2CCCNC2)c2c1CS(=O)(=O)c1c(F)cccc1-2)N1CCOCC1. The Balaban J connectivity index is 1.71. The molecule has 160 valence electrons. The van der Waals surface area contributed by atoms with Crippen molar-refractivity contribution in [2.24, 2.45) is 0 Å². The Morgan fingerprint density at radius 3 is 2.80 bits per heavy atom. The lowest BCUT2D eigenvalue weighted by atomic mass is 10.0. The van der Waals surface area contributed by atoms with Gasteiger partial charge in [0.2, 0.25) is 0 Å². The van der Waals surface area contributed by atoms with Gasteiger partial charge in [-0.05, 0) is 25.5 Å². The molecule has 30 heavy (non-hydrogen) atoms. The number of morpholine rings is 1. The van der Waals surface area contributed by atoms with E-state index in [9.17, 15) is 17.6 Å². The van der Waals surface area contributed by atoms with Gasteiger partial charge in [0.25, 0.3) is 5.91 Å². The van der Waals surface area contributed by atoms with Crippen molar-refractivity contribution in [3.05, 3.63) is 35.3 Å². The van der Waals surface area contributed by atoms with E-state index >= 15 is 0 Å². The third-order valence-corrected chi connectivity index (χ3v) is 7.70. The summed E-state index contributed by atoms with van der Waals surface area (Å²) in [4.78, 5) is 14.6. The molecular weight excluding hydrogens is 411 g/mol. The molecule has 4 heterocycles. The number of fused-ring (bicyclic) bond motifs is 3. The largest absolute Gasteiger partial charge is 0.378 e. The molecule has 2 fully saturated rings. The summed E-state index contributed by atoms with van der Waals surface area (Å²) >= 11 is 0.